The van der Waals surface area contributed by atoms with Gasteiger partial charge in [0.15, 0.2) is 6.10 Å². The van der Waals surface area contributed by atoms with Gasteiger partial charge in [0, 0.05) is 14.5 Å². The van der Waals surface area contributed by atoms with Crippen LogP contribution < -0.4 is 0 Å². The number of methoxy groups -OCH3 is 1. The normalized spacial score (nSPS) is 19.4. The fourth-order valence-electron chi connectivity index (χ4n) is 4.01. The Kier molecular flexibility index (Phi) is 9.90. The molecule has 0 fully saturated rings. The van der Waals surface area contributed by atoms with Gasteiger partial charge in [-0.3, -0.25) is 0 Å². The molecule has 0 N–H and O–H groups in total. The zero-order chi connectivity index (χ0) is 26.2. The first-order valence-corrected chi connectivity index (χ1v) is 13.6. The molecule has 0 aromatic heterocycles. The lowest BCUT2D eigenvalue weighted by molar-refractivity contribution is -0.140. The standard InChI is InChI=1S/C29H26BrIO6/c1-34-29(33)25-26(31)23(35-17-19-8-4-2-5-9-19)16-24(36-18-20-10-6-3-7-11-20)27(25)37-28(32)21-12-14-22(30)15-13-21/h2-15,23-24,27H,16-18H2,1H3/t23-,24-,27-/m0/s1. The van der Waals surface area contributed by atoms with Gasteiger partial charge in [0.05, 0.1) is 37.6 Å². The van der Waals surface area contributed by atoms with Crippen molar-refractivity contribution in [2.24, 2.45) is 0 Å². The molecule has 0 aliphatic heterocycles. The van der Waals surface area contributed by atoms with Gasteiger partial charge in [-0.15, -0.1) is 0 Å². The molecule has 0 amide bonds. The fourth-order valence-corrected chi connectivity index (χ4v) is 5.23. The van der Waals surface area contributed by atoms with Crippen LogP contribution in [0, 0.1) is 0 Å². The van der Waals surface area contributed by atoms with E-state index in [2.05, 4.69) is 38.5 Å². The zero-order valence-electron chi connectivity index (χ0n) is 20.1. The zero-order valence-corrected chi connectivity index (χ0v) is 23.9. The van der Waals surface area contributed by atoms with Crippen LogP contribution in [0.5, 0.6) is 0 Å². The third kappa shape index (κ3) is 7.28. The highest BCUT2D eigenvalue weighted by atomic mass is 127. The molecule has 0 saturated heterocycles. The van der Waals surface area contributed by atoms with E-state index in [4.69, 9.17) is 18.9 Å². The smallest absolute Gasteiger partial charge is 0.338 e. The lowest BCUT2D eigenvalue weighted by Gasteiger charge is -2.36. The number of esters is 2. The van der Waals surface area contributed by atoms with E-state index >= 15 is 0 Å². The molecule has 3 atom stereocenters. The highest BCUT2D eigenvalue weighted by molar-refractivity contribution is 14.1. The SMILES string of the molecule is COC(=O)C1=C(I)[C@@H](OCc2ccccc2)C[C@H](OCc2ccccc2)[C@@H]1OC(=O)c1ccc(Br)cc1. The van der Waals surface area contributed by atoms with Crippen LogP contribution >= 0.6 is 38.5 Å². The van der Waals surface area contributed by atoms with E-state index in [0.29, 0.717) is 22.2 Å². The third-order valence-corrected chi connectivity index (χ3v) is 7.73. The van der Waals surface area contributed by atoms with Crippen molar-refractivity contribution >= 4 is 50.5 Å². The minimum absolute atomic E-state index is 0.232. The Labute approximate surface area is 238 Å². The molecule has 0 bridgehead atoms. The molecule has 3 aromatic carbocycles. The molecule has 6 nitrogen and oxygen atoms in total. The maximum atomic E-state index is 13.1. The summed E-state index contributed by atoms with van der Waals surface area (Å²) < 4.78 is 25.0. The average Bonchev–Trinajstić information content (AvgIpc) is 2.93. The predicted molar refractivity (Wildman–Crippen MR) is 151 cm³/mol. The highest BCUT2D eigenvalue weighted by Crippen LogP contribution is 2.37. The summed E-state index contributed by atoms with van der Waals surface area (Å²) in [7, 11) is 1.31. The quantitative estimate of drug-likeness (QED) is 0.193. The Bertz CT molecular complexity index is 1230. The number of carbonyl (C=O) groups is 2. The topological polar surface area (TPSA) is 71.1 Å². The highest BCUT2D eigenvalue weighted by Gasteiger charge is 2.43. The molecule has 192 valence electrons. The van der Waals surface area contributed by atoms with E-state index in [1.807, 2.05) is 60.7 Å². The summed E-state index contributed by atoms with van der Waals surface area (Å²) in [6.45, 7) is 0.648. The largest absolute Gasteiger partial charge is 0.466 e. The van der Waals surface area contributed by atoms with Gasteiger partial charge in [0.1, 0.15) is 6.10 Å². The van der Waals surface area contributed by atoms with E-state index in [1.165, 1.54) is 7.11 Å². The average molecular weight is 677 g/mol. The maximum Gasteiger partial charge on any atom is 0.338 e. The summed E-state index contributed by atoms with van der Waals surface area (Å²) in [5.74, 6) is -1.14. The van der Waals surface area contributed by atoms with Crippen LogP contribution in [-0.2, 0) is 37.0 Å². The van der Waals surface area contributed by atoms with Crippen LogP contribution in [0.2, 0.25) is 0 Å². The molecule has 0 heterocycles. The number of carbonyl (C=O) groups excluding carboxylic acids is 2. The van der Waals surface area contributed by atoms with Gasteiger partial charge >= 0.3 is 11.9 Å². The molecular formula is C29H26BrIO6. The fraction of sp³-hybridized carbons (Fsp3) is 0.241. The molecule has 3 aromatic rings. The van der Waals surface area contributed by atoms with E-state index in [1.54, 1.807) is 24.3 Å². The van der Waals surface area contributed by atoms with Crippen molar-refractivity contribution < 1.29 is 28.5 Å². The van der Waals surface area contributed by atoms with Crippen molar-refractivity contribution in [2.45, 2.75) is 37.9 Å². The molecule has 0 radical (unpaired) electrons. The minimum atomic E-state index is -0.962. The minimum Gasteiger partial charge on any atom is -0.466 e. The van der Waals surface area contributed by atoms with E-state index < -0.39 is 30.3 Å². The van der Waals surface area contributed by atoms with Crippen LogP contribution in [-0.4, -0.2) is 37.4 Å². The first kappa shape index (κ1) is 27.5. The number of hydrogen-bond acceptors (Lipinski definition) is 6. The summed E-state index contributed by atoms with van der Waals surface area (Å²) in [5.41, 5.74) is 2.57. The van der Waals surface area contributed by atoms with Gasteiger partial charge in [-0.2, -0.15) is 0 Å². The number of hydrogen-bond donors (Lipinski definition) is 0. The van der Waals surface area contributed by atoms with Crippen LogP contribution in [0.4, 0.5) is 0 Å². The molecule has 4 rings (SSSR count). The lowest BCUT2D eigenvalue weighted by atomic mass is 9.91. The van der Waals surface area contributed by atoms with E-state index in [9.17, 15) is 9.59 Å². The summed E-state index contributed by atoms with van der Waals surface area (Å²) in [6, 6.07) is 26.3. The molecule has 8 heteroatoms. The second kappa shape index (κ2) is 13.3. The van der Waals surface area contributed by atoms with Crippen molar-refractivity contribution in [2.75, 3.05) is 7.11 Å². The molecule has 1 aliphatic carbocycles. The molecule has 0 spiro atoms. The van der Waals surface area contributed by atoms with Crippen LogP contribution in [0.3, 0.4) is 0 Å². The number of ether oxygens (including phenoxy) is 4. The Hall–Kier alpha value is -2.53. The maximum absolute atomic E-state index is 13.1. The van der Waals surface area contributed by atoms with Crippen molar-refractivity contribution in [3.8, 4) is 0 Å². The molecule has 1 aliphatic rings. The predicted octanol–water partition coefficient (Wildman–Crippen LogP) is 6.41. The van der Waals surface area contributed by atoms with Crippen molar-refractivity contribution in [3.63, 3.8) is 0 Å². The molecule has 37 heavy (non-hydrogen) atoms. The first-order chi connectivity index (χ1) is 18.0. The number of halogens is 2. The monoisotopic (exact) mass is 676 g/mol. The Balaban J connectivity index is 1.63. The first-order valence-electron chi connectivity index (χ1n) is 11.7. The summed E-state index contributed by atoms with van der Waals surface area (Å²) in [5, 5.41) is 0. The van der Waals surface area contributed by atoms with Crippen molar-refractivity contribution in [1.29, 1.82) is 0 Å². The third-order valence-electron chi connectivity index (χ3n) is 5.93. The van der Waals surface area contributed by atoms with Crippen LogP contribution in [0.25, 0.3) is 0 Å². The number of rotatable bonds is 9. The second-order valence-electron chi connectivity index (χ2n) is 8.44. The van der Waals surface area contributed by atoms with Gasteiger partial charge < -0.3 is 18.9 Å². The van der Waals surface area contributed by atoms with Gasteiger partial charge in [-0.1, -0.05) is 76.6 Å². The van der Waals surface area contributed by atoms with Crippen molar-refractivity contribution in [1.82, 2.24) is 0 Å². The lowest BCUT2D eigenvalue weighted by Crippen LogP contribution is -2.45. The number of benzene rings is 3. The Morgan fingerprint density at radius 3 is 1.97 bits per heavy atom. The van der Waals surface area contributed by atoms with Crippen molar-refractivity contribution in [3.05, 3.63) is 115 Å². The second-order valence-corrected chi connectivity index (χ2v) is 10.5. The van der Waals surface area contributed by atoms with E-state index in [-0.39, 0.29) is 12.2 Å². The van der Waals surface area contributed by atoms with Gasteiger partial charge in [0.2, 0.25) is 0 Å². The summed E-state index contributed by atoms with van der Waals surface area (Å²) in [4.78, 5) is 26.1. The van der Waals surface area contributed by atoms with E-state index in [0.717, 1.165) is 15.6 Å². The summed E-state index contributed by atoms with van der Waals surface area (Å²) in [6.07, 6.45) is -1.63. The van der Waals surface area contributed by atoms with Crippen LogP contribution in [0.15, 0.2) is 98.6 Å². The molecular weight excluding hydrogens is 651 g/mol. The Morgan fingerprint density at radius 2 is 1.41 bits per heavy atom. The van der Waals surface area contributed by atoms with Gasteiger partial charge in [-0.05, 0) is 58.0 Å². The molecule has 0 saturated carbocycles. The van der Waals surface area contributed by atoms with Crippen LogP contribution in [0.1, 0.15) is 27.9 Å². The van der Waals surface area contributed by atoms with Gasteiger partial charge in [-0.25, -0.2) is 9.59 Å². The summed E-state index contributed by atoms with van der Waals surface area (Å²) >= 11 is 5.47. The Morgan fingerprint density at radius 1 is 0.838 bits per heavy atom. The molecule has 0 unspecified atom stereocenters. The van der Waals surface area contributed by atoms with Gasteiger partial charge in [0.25, 0.3) is 0 Å².